The van der Waals surface area contributed by atoms with Gasteiger partial charge >= 0.3 is 5.97 Å². The van der Waals surface area contributed by atoms with Gasteiger partial charge in [0, 0.05) is 24.9 Å². The Morgan fingerprint density at radius 1 is 1.21 bits per heavy atom. The van der Waals surface area contributed by atoms with Crippen LogP contribution in [-0.2, 0) is 11.3 Å². The first-order valence-corrected chi connectivity index (χ1v) is 9.40. The van der Waals surface area contributed by atoms with Gasteiger partial charge in [-0.3, -0.25) is 4.79 Å². The van der Waals surface area contributed by atoms with E-state index in [1.165, 1.54) is 22.9 Å². The Kier molecular flexibility index (Phi) is 6.95. The molecule has 1 amide bonds. The number of nitrogens with zero attached hydrogens (tertiary/aromatic N) is 1. The first-order valence-electron chi connectivity index (χ1n) is 7.08. The number of carboxylic acids is 1. The predicted octanol–water partition coefficient (Wildman–Crippen LogP) is 2.93. The first-order chi connectivity index (χ1) is 11.6. The van der Waals surface area contributed by atoms with Crippen LogP contribution < -0.4 is 5.32 Å². The van der Waals surface area contributed by atoms with Gasteiger partial charge in [0.25, 0.3) is 0 Å². The van der Waals surface area contributed by atoms with E-state index in [2.05, 4.69) is 10.3 Å². The van der Waals surface area contributed by atoms with Crippen LogP contribution in [0.25, 0.3) is 0 Å². The van der Waals surface area contributed by atoms with Crippen LogP contribution in [0, 0.1) is 0 Å². The maximum absolute atomic E-state index is 11.8. The van der Waals surface area contributed by atoms with E-state index in [4.69, 9.17) is 5.11 Å². The third-order valence-corrected chi connectivity index (χ3v) is 5.24. The zero-order chi connectivity index (χ0) is 17.4. The topological polar surface area (TPSA) is 99.5 Å². The van der Waals surface area contributed by atoms with Crippen molar-refractivity contribution in [2.45, 2.75) is 18.0 Å². The lowest BCUT2D eigenvalue weighted by Gasteiger charge is -2.07. The Hall–Kier alpha value is -2.19. The van der Waals surface area contributed by atoms with Crippen molar-refractivity contribution in [1.29, 1.82) is 0 Å². The normalized spacial score (nSPS) is 10.3. The number of carbonyl (C=O) groups excluding carboxylic acids is 1. The molecular weight excluding hydrogens is 348 g/mol. The van der Waals surface area contributed by atoms with Crippen LogP contribution in [0.15, 0.2) is 47.6 Å². The van der Waals surface area contributed by atoms with Crippen molar-refractivity contribution in [3.8, 4) is 5.75 Å². The molecule has 0 saturated heterocycles. The summed E-state index contributed by atoms with van der Waals surface area (Å²) in [7, 11) is 3.07. The van der Waals surface area contributed by atoms with Crippen molar-refractivity contribution >= 4 is 33.5 Å². The summed E-state index contributed by atoms with van der Waals surface area (Å²) in [6.45, 7) is 0.240. The molecule has 0 saturated carbocycles. The van der Waals surface area contributed by atoms with Gasteiger partial charge in [-0.2, -0.15) is 0 Å². The Labute approximate surface area is 147 Å². The summed E-state index contributed by atoms with van der Waals surface area (Å²) in [4.78, 5) is 26.8. The number of aromatic carboxylic acids is 1. The van der Waals surface area contributed by atoms with Gasteiger partial charge in [-0.1, -0.05) is 22.9 Å². The van der Waals surface area contributed by atoms with E-state index in [1.54, 1.807) is 23.1 Å². The average molecular weight is 364 g/mol. The number of pyridine rings is 1. The minimum Gasteiger partial charge on any atom is -0.507 e. The molecule has 6 nitrogen and oxygen atoms in total. The van der Waals surface area contributed by atoms with Crippen molar-refractivity contribution in [3.05, 3.63) is 53.7 Å². The molecule has 24 heavy (non-hydrogen) atoms. The van der Waals surface area contributed by atoms with Crippen molar-refractivity contribution in [2.24, 2.45) is 0 Å². The molecule has 3 N–H and O–H groups in total. The van der Waals surface area contributed by atoms with Gasteiger partial charge in [-0.05, 0) is 40.6 Å². The Morgan fingerprint density at radius 2 is 2.04 bits per heavy atom. The van der Waals surface area contributed by atoms with Crippen molar-refractivity contribution in [1.82, 2.24) is 10.3 Å². The number of rotatable bonds is 8. The number of phenols is 1. The minimum atomic E-state index is -1.19. The van der Waals surface area contributed by atoms with Gasteiger partial charge in [0.05, 0.1) is 0 Å². The summed E-state index contributed by atoms with van der Waals surface area (Å²) in [5.74, 6) is -0.955. The third-order valence-electron chi connectivity index (χ3n) is 2.98. The molecule has 1 aromatic carbocycles. The highest BCUT2D eigenvalue weighted by molar-refractivity contribution is 8.76. The standard InChI is InChI=1S/C16H16N2O4S2/c19-13-9-11(4-5-12(13)16(21)22)10-18-14(20)6-8-23-24-15-3-1-2-7-17-15/h1-5,7,9,19H,6,8,10H2,(H,18,20)(H,21,22). The van der Waals surface area contributed by atoms with E-state index in [0.717, 1.165) is 5.03 Å². The number of benzene rings is 1. The number of carbonyl (C=O) groups is 2. The molecule has 0 radical (unpaired) electrons. The van der Waals surface area contributed by atoms with E-state index < -0.39 is 5.97 Å². The quantitative estimate of drug-likeness (QED) is 0.489. The lowest BCUT2D eigenvalue weighted by atomic mass is 10.1. The molecular formula is C16H16N2O4S2. The zero-order valence-corrected chi connectivity index (χ0v) is 14.3. The molecule has 2 rings (SSSR count). The smallest absolute Gasteiger partial charge is 0.339 e. The number of hydrogen-bond acceptors (Lipinski definition) is 6. The van der Waals surface area contributed by atoms with Crippen molar-refractivity contribution in [2.75, 3.05) is 5.75 Å². The summed E-state index contributed by atoms with van der Waals surface area (Å²) in [5, 5.41) is 22.1. The Balaban J connectivity index is 1.69. The number of carboxylic acid groups (broad SMARTS) is 1. The predicted molar refractivity (Wildman–Crippen MR) is 94.1 cm³/mol. The molecule has 0 spiro atoms. The van der Waals surface area contributed by atoms with Crippen LogP contribution in [0.5, 0.6) is 5.75 Å². The van der Waals surface area contributed by atoms with E-state index in [0.29, 0.717) is 17.7 Å². The molecule has 0 aliphatic carbocycles. The van der Waals surface area contributed by atoms with Crippen molar-refractivity contribution < 1.29 is 19.8 Å². The second-order valence-electron chi connectivity index (χ2n) is 4.76. The fourth-order valence-electron chi connectivity index (χ4n) is 1.79. The Morgan fingerprint density at radius 3 is 2.71 bits per heavy atom. The minimum absolute atomic E-state index is 0.106. The highest BCUT2D eigenvalue weighted by Gasteiger charge is 2.10. The van der Waals surface area contributed by atoms with E-state index in [9.17, 15) is 14.7 Å². The number of amides is 1. The van der Waals surface area contributed by atoms with Crippen LogP contribution >= 0.6 is 21.6 Å². The van der Waals surface area contributed by atoms with Gasteiger partial charge < -0.3 is 15.5 Å². The van der Waals surface area contributed by atoms with E-state index >= 15 is 0 Å². The number of aromatic nitrogens is 1. The number of hydrogen-bond donors (Lipinski definition) is 3. The van der Waals surface area contributed by atoms with Crippen LogP contribution in [0.4, 0.5) is 0 Å². The second kappa shape index (κ2) is 9.19. The number of nitrogens with one attached hydrogen (secondary N) is 1. The van der Waals surface area contributed by atoms with Crippen LogP contribution in [0.2, 0.25) is 0 Å². The molecule has 0 atom stereocenters. The SMILES string of the molecule is O=C(CCSSc1ccccn1)NCc1ccc(C(=O)O)c(O)c1. The molecule has 2 aromatic rings. The summed E-state index contributed by atoms with van der Waals surface area (Å²) >= 11 is 0. The molecule has 1 aromatic heterocycles. The lowest BCUT2D eigenvalue weighted by molar-refractivity contribution is -0.120. The fourth-order valence-corrected chi connectivity index (χ4v) is 3.66. The van der Waals surface area contributed by atoms with Gasteiger partial charge in [0.2, 0.25) is 5.91 Å². The summed E-state index contributed by atoms with van der Waals surface area (Å²) in [6, 6.07) is 9.89. The zero-order valence-electron chi connectivity index (χ0n) is 12.6. The average Bonchev–Trinajstić information content (AvgIpc) is 2.57. The Bertz CT molecular complexity index is 710. The third kappa shape index (κ3) is 5.78. The molecule has 8 heteroatoms. The highest BCUT2D eigenvalue weighted by atomic mass is 33.1. The molecule has 0 unspecified atom stereocenters. The van der Waals surface area contributed by atoms with Gasteiger partial charge in [0.1, 0.15) is 16.3 Å². The summed E-state index contributed by atoms with van der Waals surface area (Å²) in [5.41, 5.74) is 0.481. The van der Waals surface area contributed by atoms with E-state index in [-0.39, 0.29) is 23.8 Å². The second-order valence-corrected chi connectivity index (χ2v) is 7.19. The summed E-state index contributed by atoms with van der Waals surface area (Å²) < 4.78 is 0. The van der Waals surface area contributed by atoms with Gasteiger partial charge in [-0.25, -0.2) is 9.78 Å². The maximum atomic E-state index is 11.8. The fraction of sp³-hybridized carbons (Fsp3) is 0.188. The van der Waals surface area contributed by atoms with Gasteiger partial charge in [0.15, 0.2) is 0 Å². The highest BCUT2D eigenvalue weighted by Crippen LogP contribution is 2.29. The molecule has 0 aliphatic rings. The van der Waals surface area contributed by atoms with Gasteiger partial charge in [-0.15, -0.1) is 0 Å². The molecule has 0 bridgehead atoms. The largest absolute Gasteiger partial charge is 0.507 e. The molecule has 0 fully saturated rings. The van der Waals surface area contributed by atoms with E-state index in [1.807, 2.05) is 18.2 Å². The van der Waals surface area contributed by atoms with Crippen LogP contribution in [0.1, 0.15) is 22.3 Å². The van der Waals surface area contributed by atoms with Crippen LogP contribution in [-0.4, -0.2) is 32.8 Å². The molecule has 0 aliphatic heterocycles. The summed E-state index contributed by atoms with van der Waals surface area (Å²) in [6.07, 6.45) is 2.09. The maximum Gasteiger partial charge on any atom is 0.339 e. The first kappa shape index (κ1) is 18.2. The van der Waals surface area contributed by atoms with Crippen LogP contribution in [0.3, 0.4) is 0 Å². The number of aromatic hydroxyl groups is 1. The van der Waals surface area contributed by atoms with Crippen molar-refractivity contribution in [3.63, 3.8) is 0 Å². The monoisotopic (exact) mass is 364 g/mol. The lowest BCUT2D eigenvalue weighted by Crippen LogP contribution is -2.22. The molecule has 126 valence electrons. The molecule has 1 heterocycles.